The number of aliphatic hydroxyl groups is 1. The van der Waals surface area contributed by atoms with E-state index in [2.05, 4.69) is 4.98 Å². The van der Waals surface area contributed by atoms with E-state index in [4.69, 9.17) is 4.74 Å². The molecule has 7 heteroatoms. The molecule has 0 spiro atoms. The second-order valence-corrected chi connectivity index (χ2v) is 7.39. The molecule has 1 aromatic heterocycles. The van der Waals surface area contributed by atoms with E-state index in [9.17, 15) is 13.5 Å². The summed E-state index contributed by atoms with van der Waals surface area (Å²) in [4.78, 5) is 4.26. The Balaban J connectivity index is 2.45. The molecule has 24 heavy (non-hydrogen) atoms. The average molecular weight is 350 g/mol. The summed E-state index contributed by atoms with van der Waals surface area (Å²) in [7, 11) is -2.21. The summed E-state index contributed by atoms with van der Waals surface area (Å²) in [5.41, 5.74) is 1.99. The fourth-order valence-corrected chi connectivity index (χ4v) is 4.49. The molecule has 0 radical (unpaired) electrons. The second-order valence-electron chi connectivity index (χ2n) is 5.51. The zero-order valence-corrected chi connectivity index (χ0v) is 14.9. The van der Waals surface area contributed by atoms with Gasteiger partial charge in [0.25, 0.3) is 0 Å². The zero-order chi connectivity index (χ0) is 17.7. The Morgan fingerprint density at radius 3 is 2.42 bits per heavy atom. The molecule has 0 bridgehead atoms. The highest BCUT2D eigenvalue weighted by Gasteiger charge is 2.28. The number of hydrogen-bond acceptors (Lipinski definition) is 5. The number of hydrogen-bond donors (Lipinski definition) is 1. The SMILES string of the molecule is COc1cc(C)c(S(=O)(=O)N(CCO)Cc2cccnc2)c(C)c1. The number of aryl methyl sites for hydroxylation is 2. The molecule has 0 aliphatic rings. The van der Waals surface area contributed by atoms with E-state index >= 15 is 0 Å². The van der Waals surface area contributed by atoms with Crippen molar-refractivity contribution in [1.29, 1.82) is 0 Å². The van der Waals surface area contributed by atoms with Crippen LogP contribution in [0.25, 0.3) is 0 Å². The molecule has 0 fully saturated rings. The van der Waals surface area contributed by atoms with Gasteiger partial charge in [0.2, 0.25) is 10.0 Å². The smallest absolute Gasteiger partial charge is 0.243 e. The van der Waals surface area contributed by atoms with E-state index in [1.807, 2.05) is 0 Å². The van der Waals surface area contributed by atoms with Gasteiger partial charge in [-0.25, -0.2) is 8.42 Å². The molecule has 0 aliphatic carbocycles. The summed E-state index contributed by atoms with van der Waals surface area (Å²) in [6, 6.07) is 6.95. The number of pyridine rings is 1. The fourth-order valence-electron chi connectivity index (χ4n) is 2.66. The van der Waals surface area contributed by atoms with Crippen molar-refractivity contribution < 1.29 is 18.3 Å². The third-order valence-corrected chi connectivity index (χ3v) is 5.85. The standard InChI is InChI=1S/C17H22N2O4S/c1-13-9-16(23-3)10-14(2)17(13)24(21,22)19(7-8-20)12-15-5-4-6-18-11-15/h4-6,9-11,20H,7-8,12H2,1-3H3. The first-order valence-corrected chi connectivity index (χ1v) is 8.99. The lowest BCUT2D eigenvalue weighted by molar-refractivity contribution is 0.251. The summed E-state index contributed by atoms with van der Waals surface area (Å²) in [6.45, 7) is 3.39. The highest BCUT2D eigenvalue weighted by molar-refractivity contribution is 7.89. The minimum absolute atomic E-state index is 0.0160. The molecule has 1 aromatic carbocycles. The largest absolute Gasteiger partial charge is 0.497 e. The molecule has 0 atom stereocenters. The predicted octanol–water partition coefficient (Wildman–Crippen LogP) is 1.89. The molecule has 6 nitrogen and oxygen atoms in total. The molecule has 1 heterocycles. The van der Waals surface area contributed by atoms with E-state index < -0.39 is 10.0 Å². The van der Waals surface area contributed by atoms with Gasteiger partial charge in [-0.3, -0.25) is 4.98 Å². The topological polar surface area (TPSA) is 79.7 Å². The third kappa shape index (κ3) is 3.92. The van der Waals surface area contributed by atoms with Crippen molar-refractivity contribution in [3.8, 4) is 5.75 Å². The van der Waals surface area contributed by atoms with Gasteiger partial charge in [0.15, 0.2) is 0 Å². The minimum Gasteiger partial charge on any atom is -0.497 e. The normalized spacial score (nSPS) is 11.7. The van der Waals surface area contributed by atoms with Crippen molar-refractivity contribution in [2.45, 2.75) is 25.3 Å². The quantitative estimate of drug-likeness (QED) is 0.825. The van der Waals surface area contributed by atoms with Crippen LogP contribution in [0, 0.1) is 13.8 Å². The van der Waals surface area contributed by atoms with Gasteiger partial charge >= 0.3 is 0 Å². The van der Waals surface area contributed by atoms with Crippen molar-refractivity contribution in [3.05, 3.63) is 53.3 Å². The molecule has 0 saturated carbocycles. The van der Waals surface area contributed by atoms with Crippen molar-refractivity contribution in [2.75, 3.05) is 20.3 Å². The van der Waals surface area contributed by atoms with Crippen LogP contribution in [0.5, 0.6) is 5.75 Å². The van der Waals surface area contributed by atoms with Crippen LogP contribution in [-0.2, 0) is 16.6 Å². The van der Waals surface area contributed by atoms with E-state index in [-0.39, 0.29) is 24.6 Å². The number of sulfonamides is 1. The van der Waals surface area contributed by atoms with Crippen LogP contribution in [0.3, 0.4) is 0 Å². The number of aliphatic hydroxyl groups excluding tert-OH is 1. The molecular formula is C17H22N2O4S. The number of aromatic nitrogens is 1. The number of ether oxygens (including phenoxy) is 1. The van der Waals surface area contributed by atoms with Gasteiger partial charge in [0.05, 0.1) is 18.6 Å². The van der Waals surface area contributed by atoms with Crippen molar-refractivity contribution in [2.24, 2.45) is 0 Å². The molecule has 0 saturated heterocycles. The van der Waals surface area contributed by atoms with E-state index in [0.29, 0.717) is 16.9 Å². The van der Waals surface area contributed by atoms with E-state index in [1.54, 1.807) is 57.6 Å². The van der Waals surface area contributed by atoms with Crippen LogP contribution in [0.4, 0.5) is 0 Å². The van der Waals surface area contributed by atoms with Crippen molar-refractivity contribution >= 4 is 10.0 Å². The first-order chi connectivity index (χ1) is 11.4. The van der Waals surface area contributed by atoms with E-state index in [1.165, 1.54) is 4.31 Å². The Labute approximate surface area is 142 Å². The Morgan fingerprint density at radius 2 is 1.92 bits per heavy atom. The average Bonchev–Trinajstić information content (AvgIpc) is 2.54. The summed E-state index contributed by atoms with van der Waals surface area (Å²) >= 11 is 0. The molecular weight excluding hydrogens is 328 g/mol. The fraction of sp³-hybridized carbons (Fsp3) is 0.353. The Morgan fingerprint density at radius 1 is 1.25 bits per heavy atom. The van der Waals surface area contributed by atoms with Gasteiger partial charge in [-0.2, -0.15) is 4.31 Å². The molecule has 2 aromatic rings. The highest BCUT2D eigenvalue weighted by atomic mass is 32.2. The number of nitrogens with zero attached hydrogens (tertiary/aromatic N) is 2. The molecule has 1 N–H and O–H groups in total. The van der Waals surface area contributed by atoms with Gasteiger partial charge in [-0.1, -0.05) is 6.07 Å². The van der Waals surface area contributed by atoms with E-state index in [0.717, 1.165) is 5.56 Å². The Bertz CT molecular complexity index is 768. The maximum Gasteiger partial charge on any atom is 0.243 e. The van der Waals surface area contributed by atoms with Gasteiger partial charge in [-0.15, -0.1) is 0 Å². The number of rotatable bonds is 7. The van der Waals surface area contributed by atoms with Crippen LogP contribution < -0.4 is 4.74 Å². The van der Waals surface area contributed by atoms with Gasteiger partial charge in [0, 0.05) is 25.5 Å². The summed E-state index contributed by atoms with van der Waals surface area (Å²) in [6.07, 6.45) is 3.25. The summed E-state index contributed by atoms with van der Waals surface area (Å²) in [5, 5.41) is 9.30. The minimum atomic E-state index is -3.76. The van der Waals surface area contributed by atoms with Crippen LogP contribution in [0.1, 0.15) is 16.7 Å². The van der Waals surface area contributed by atoms with Gasteiger partial charge < -0.3 is 9.84 Å². The molecule has 130 valence electrons. The zero-order valence-electron chi connectivity index (χ0n) is 14.1. The molecule has 0 unspecified atom stereocenters. The summed E-state index contributed by atoms with van der Waals surface area (Å²) in [5.74, 6) is 0.616. The number of methoxy groups -OCH3 is 1. The first-order valence-electron chi connectivity index (χ1n) is 7.55. The third-order valence-electron chi connectivity index (χ3n) is 3.70. The lowest BCUT2D eigenvalue weighted by Crippen LogP contribution is -2.34. The lowest BCUT2D eigenvalue weighted by atomic mass is 10.1. The molecule has 0 amide bonds. The maximum atomic E-state index is 13.1. The molecule has 2 rings (SSSR count). The van der Waals surface area contributed by atoms with Crippen LogP contribution >= 0.6 is 0 Å². The summed E-state index contributed by atoms with van der Waals surface area (Å²) < 4.78 is 32.7. The number of benzene rings is 1. The maximum absolute atomic E-state index is 13.1. The molecule has 0 aliphatic heterocycles. The first kappa shape index (κ1) is 18.4. The van der Waals surface area contributed by atoms with Crippen molar-refractivity contribution in [3.63, 3.8) is 0 Å². The second kappa shape index (κ2) is 7.74. The van der Waals surface area contributed by atoms with Crippen LogP contribution in [0.2, 0.25) is 0 Å². The van der Waals surface area contributed by atoms with Crippen molar-refractivity contribution in [1.82, 2.24) is 9.29 Å². The van der Waals surface area contributed by atoms with Gasteiger partial charge in [0.1, 0.15) is 5.75 Å². The van der Waals surface area contributed by atoms with Crippen LogP contribution in [-0.4, -0.2) is 43.1 Å². The van der Waals surface area contributed by atoms with Crippen LogP contribution in [0.15, 0.2) is 41.6 Å². The predicted molar refractivity (Wildman–Crippen MR) is 91.4 cm³/mol. The monoisotopic (exact) mass is 350 g/mol. The lowest BCUT2D eigenvalue weighted by Gasteiger charge is -2.23. The Hall–Kier alpha value is -1.96. The Kier molecular flexibility index (Phi) is 5.93. The highest BCUT2D eigenvalue weighted by Crippen LogP contribution is 2.28. The van der Waals surface area contributed by atoms with Gasteiger partial charge in [-0.05, 0) is 48.7 Å².